The lowest BCUT2D eigenvalue weighted by molar-refractivity contribution is -0.112. The molecule has 0 saturated carbocycles. The molecule has 1 amide bonds. The number of hydrogen-bond donors (Lipinski definition) is 0. The summed E-state index contributed by atoms with van der Waals surface area (Å²) in [5.74, 6) is -0.546. The van der Waals surface area contributed by atoms with E-state index in [2.05, 4.69) is 0 Å². The van der Waals surface area contributed by atoms with Crippen molar-refractivity contribution in [2.24, 2.45) is 5.92 Å². The largest absolute Gasteiger partial charge is 0.338 e. The van der Waals surface area contributed by atoms with Crippen LogP contribution in [0.25, 0.3) is 0 Å². The van der Waals surface area contributed by atoms with Crippen molar-refractivity contribution in [1.82, 2.24) is 4.90 Å². The van der Waals surface area contributed by atoms with Crippen LogP contribution in [-0.2, 0) is 4.79 Å². The summed E-state index contributed by atoms with van der Waals surface area (Å²) < 4.78 is 12.7. The second-order valence-electron chi connectivity index (χ2n) is 4.30. The van der Waals surface area contributed by atoms with Crippen molar-refractivity contribution in [1.29, 1.82) is 0 Å². The van der Waals surface area contributed by atoms with E-state index in [1.54, 1.807) is 4.90 Å². The second-order valence-corrected chi connectivity index (χ2v) is 4.30. The van der Waals surface area contributed by atoms with E-state index in [-0.39, 0.29) is 17.6 Å². The molecule has 0 bridgehead atoms. The molecule has 1 saturated heterocycles. The molecule has 4 heteroatoms. The van der Waals surface area contributed by atoms with Crippen LogP contribution in [0.15, 0.2) is 24.3 Å². The SMILES string of the molecule is O=CC1CCCN(C(=O)c2ccc(F)cc2)C1. The molecule has 1 aliphatic heterocycles. The maximum absolute atomic E-state index is 12.7. The zero-order chi connectivity index (χ0) is 12.3. The smallest absolute Gasteiger partial charge is 0.253 e. The predicted molar refractivity (Wildman–Crippen MR) is 61.1 cm³/mol. The van der Waals surface area contributed by atoms with Gasteiger partial charge in [0.2, 0.25) is 0 Å². The number of carbonyl (C=O) groups is 2. The molecule has 2 rings (SSSR count). The molecular weight excluding hydrogens is 221 g/mol. The third-order valence-electron chi connectivity index (χ3n) is 3.03. The van der Waals surface area contributed by atoms with Crippen LogP contribution in [0.2, 0.25) is 0 Å². The average Bonchev–Trinajstić information content (AvgIpc) is 2.39. The Labute approximate surface area is 99.2 Å². The minimum Gasteiger partial charge on any atom is -0.338 e. The fourth-order valence-corrected chi connectivity index (χ4v) is 2.08. The molecule has 1 heterocycles. The molecule has 0 aliphatic carbocycles. The molecule has 1 aromatic rings. The number of carbonyl (C=O) groups excluding carboxylic acids is 2. The van der Waals surface area contributed by atoms with Gasteiger partial charge in [-0.15, -0.1) is 0 Å². The number of nitrogens with zero attached hydrogens (tertiary/aromatic N) is 1. The van der Waals surface area contributed by atoms with Crippen LogP contribution in [0.3, 0.4) is 0 Å². The van der Waals surface area contributed by atoms with Gasteiger partial charge in [-0.2, -0.15) is 0 Å². The van der Waals surface area contributed by atoms with Gasteiger partial charge < -0.3 is 9.69 Å². The van der Waals surface area contributed by atoms with Crippen LogP contribution >= 0.6 is 0 Å². The van der Waals surface area contributed by atoms with Gasteiger partial charge in [0.15, 0.2) is 0 Å². The molecule has 0 spiro atoms. The number of likely N-dealkylation sites (tertiary alicyclic amines) is 1. The van der Waals surface area contributed by atoms with Gasteiger partial charge in [0, 0.05) is 24.6 Å². The Morgan fingerprint density at radius 3 is 2.71 bits per heavy atom. The van der Waals surface area contributed by atoms with Crippen LogP contribution < -0.4 is 0 Å². The zero-order valence-corrected chi connectivity index (χ0v) is 9.43. The van der Waals surface area contributed by atoms with E-state index >= 15 is 0 Å². The van der Waals surface area contributed by atoms with E-state index in [1.165, 1.54) is 24.3 Å². The van der Waals surface area contributed by atoms with Gasteiger partial charge in [0.05, 0.1) is 0 Å². The highest BCUT2D eigenvalue weighted by Crippen LogP contribution is 2.17. The Morgan fingerprint density at radius 1 is 1.35 bits per heavy atom. The highest BCUT2D eigenvalue weighted by molar-refractivity contribution is 5.94. The van der Waals surface area contributed by atoms with Gasteiger partial charge in [-0.3, -0.25) is 4.79 Å². The summed E-state index contributed by atoms with van der Waals surface area (Å²) in [4.78, 5) is 24.4. The van der Waals surface area contributed by atoms with Crippen molar-refractivity contribution >= 4 is 12.2 Å². The highest BCUT2D eigenvalue weighted by atomic mass is 19.1. The van der Waals surface area contributed by atoms with Gasteiger partial charge in [0.25, 0.3) is 5.91 Å². The third-order valence-corrected chi connectivity index (χ3v) is 3.03. The molecule has 0 radical (unpaired) electrons. The average molecular weight is 235 g/mol. The summed E-state index contributed by atoms with van der Waals surface area (Å²) in [6, 6.07) is 5.49. The Kier molecular flexibility index (Phi) is 3.52. The fourth-order valence-electron chi connectivity index (χ4n) is 2.08. The van der Waals surface area contributed by atoms with Crippen molar-refractivity contribution in [3.8, 4) is 0 Å². The first-order chi connectivity index (χ1) is 8.20. The molecule has 3 nitrogen and oxygen atoms in total. The van der Waals surface area contributed by atoms with Crippen LogP contribution in [-0.4, -0.2) is 30.2 Å². The minimum atomic E-state index is -0.356. The molecule has 0 aromatic heterocycles. The molecule has 1 atom stereocenters. The van der Waals surface area contributed by atoms with Gasteiger partial charge in [-0.05, 0) is 37.1 Å². The van der Waals surface area contributed by atoms with Gasteiger partial charge in [-0.1, -0.05) is 0 Å². The Hall–Kier alpha value is -1.71. The Balaban J connectivity index is 2.09. The summed E-state index contributed by atoms with van der Waals surface area (Å²) in [6.07, 6.45) is 2.59. The molecule has 0 N–H and O–H groups in total. The number of rotatable bonds is 2. The maximum Gasteiger partial charge on any atom is 0.253 e. The summed E-state index contributed by atoms with van der Waals surface area (Å²) in [6.45, 7) is 1.14. The van der Waals surface area contributed by atoms with E-state index in [0.717, 1.165) is 19.1 Å². The van der Waals surface area contributed by atoms with E-state index in [4.69, 9.17) is 0 Å². The Bertz CT molecular complexity index is 416. The lowest BCUT2D eigenvalue weighted by Crippen LogP contribution is -2.40. The van der Waals surface area contributed by atoms with Crippen molar-refractivity contribution in [2.45, 2.75) is 12.8 Å². The summed E-state index contributed by atoms with van der Waals surface area (Å²) in [7, 11) is 0. The van der Waals surface area contributed by atoms with Crippen LogP contribution in [0.4, 0.5) is 4.39 Å². The first-order valence-corrected chi connectivity index (χ1v) is 5.71. The standard InChI is InChI=1S/C13H14FNO2/c14-12-5-3-11(4-6-12)13(17)15-7-1-2-10(8-15)9-16/h3-6,9-10H,1-2,7-8H2. The number of benzene rings is 1. The number of halogens is 1. The van der Waals surface area contributed by atoms with Crippen LogP contribution in [0, 0.1) is 11.7 Å². The quantitative estimate of drug-likeness (QED) is 0.734. The van der Waals surface area contributed by atoms with Crippen molar-refractivity contribution in [3.63, 3.8) is 0 Å². The van der Waals surface area contributed by atoms with Gasteiger partial charge >= 0.3 is 0 Å². The van der Waals surface area contributed by atoms with Crippen molar-refractivity contribution in [3.05, 3.63) is 35.6 Å². The van der Waals surface area contributed by atoms with Gasteiger partial charge in [-0.25, -0.2) is 4.39 Å². The first kappa shape index (κ1) is 11.8. The monoisotopic (exact) mass is 235 g/mol. The van der Waals surface area contributed by atoms with Crippen LogP contribution in [0.5, 0.6) is 0 Å². The van der Waals surface area contributed by atoms with E-state index < -0.39 is 0 Å². The molecule has 90 valence electrons. The summed E-state index contributed by atoms with van der Waals surface area (Å²) >= 11 is 0. The minimum absolute atomic E-state index is 0.0619. The van der Waals surface area contributed by atoms with Gasteiger partial charge in [0.1, 0.15) is 12.1 Å². The highest BCUT2D eigenvalue weighted by Gasteiger charge is 2.23. The Morgan fingerprint density at radius 2 is 2.06 bits per heavy atom. The zero-order valence-electron chi connectivity index (χ0n) is 9.43. The summed E-state index contributed by atoms with van der Waals surface area (Å²) in [5, 5.41) is 0. The molecule has 17 heavy (non-hydrogen) atoms. The van der Waals surface area contributed by atoms with E-state index in [0.29, 0.717) is 18.7 Å². The van der Waals surface area contributed by atoms with Crippen molar-refractivity contribution in [2.75, 3.05) is 13.1 Å². The molecule has 1 unspecified atom stereocenters. The summed E-state index contributed by atoms with van der Waals surface area (Å²) in [5.41, 5.74) is 0.470. The lowest BCUT2D eigenvalue weighted by Gasteiger charge is -2.30. The number of aldehydes is 1. The van der Waals surface area contributed by atoms with Crippen LogP contribution in [0.1, 0.15) is 23.2 Å². The predicted octanol–water partition coefficient (Wildman–Crippen LogP) is 1.88. The van der Waals surface area contributed by atoms with E-state index in [1.807, 2.05) is 0 Å². The molecule has 1 aliphatic rings. The molecule has 1 aromatic carbocycles. The number of hydrogen-bond acceptors (Lipinski definition) is 2. The molecule has 1 fully saturated rings. The fraction of sp³-hybridized carbons (Fsp3) is 0.385. The lowest BCUT2D eigenvalue weighted by atomic mass is 9.99. The topological polar surface area (TPSA) is 37.4 Å². The third kappa shape index (κ3) is 2.70. The van der Waals surface area contributed by atoms with E-state index in [9.17, 15) is 14.0 Å². The molecular formula is C13H14FNO2. The second kappa shape index (κ2) is 5.08. The number of amides is 1. The maximum atomic E-state index is 12.7. The van der Waals surface area contributed by atoms with Crippen molar-refractivity contribution < 1.29 is 14.0 Å². The number of piperidine rings is 1. The normalized spacial score (nSPS) is 20.1. The first-order valence-electron chi connectivity index (χ1n) is 5.71.